The second-order valence-electron chi connectivity index (χ2n) is 7.15. The number of hydrogen-bond acceptors (Lipinski definition) is 3. The normalized spacial score (nSPS) is 17.9. The molecule has 0 spiro atoms. The first-order chi connectivity index (χ1) is 13.5. The van der Waals surface area contributed by atoms with Gasteiger partial charge in [-0.2, -0.15) is 0 Å². The maximum atomic E-state index is 12.5. The van der Waals surface area contributed by atoms with Gasteiger partial charge in [0.2, 0.25) is 11.7 Å². The minimum absolute atomic E-state index is 0.00709. The SMILES string of the molecule is Cn1ccnc1C(=O)C1CC1c1ccc(CC(=O)Nc2ccc(Br)cc2)cc1. The first-order valence-electron chi connectivity index (χ1n) is 9.17. The zero-order valence-electron chi connectivity index (χ0n) is 15.4. The maximum absolute atomic E-state index is 12.5. The van der Waals surface area contributed by atoms with Crippen molar-refractivity contribution in [3.63, 3.8) is 0 Å². The van der Waals surface area contributed by atoms with Crippen molar-refractivity contribution in [1.29, 1.82) is 0 Å². The van der Waals surface area contributed by atoms with Gasteiger partial charge in [0, 0.05) is 35.5 Å². The average molecular weight is 438 g/mol. The van der Waals surface area contributed by atoms with Crippen molar-refractivity contribution >= 4 is 33.3 Å². The van der Waals surface area contributed by atoms with Crippen molar-refractivity contribution in [2.24, 2.45) is 13.0 Å². The predicted molar refractivity (Wildman–Crippen MR) is 111 cm³/mol. The zero-order valence-corrected chi connectivity index (χ0v) is 17.0. The Bertz CT molecular complexity index is 1010. The summed E-state index contributed by atoms with van der Waals surface area (Å²) in [5, 5.41) is 2.90. The minimum atomic E-state index is -0.0515. The molecule has 28 heavy (non-hydrogen) atoms. The number of nitrogens with zero attached hydrogens (tertiary/aromatic N) is 2. The molecule has 0 saturated heterocycles. The van der Waals surface area contributed by atoms with Crippen LogP contribution in [-0.2, 0) is 18.3 Å². The van der Waals surface area contributed by atoms with Crippen LogP contribution < -0.4 is 5.32 Å². The molecule has 0 aliphatic heterocycles. The summed E-state index contributed by atoms with van der Waals surface area (Å²) in [6.45, 7) is 0. The molecule has 1 aromatic heterocycles. The third-order valence-corrected chi connectivity index (χ3v) is 5.60. The maximum Gasteiger partial charge on any atom is 0.228 e. The largest absolute Gasteiger partial charge is 0.332 e. The Labute approximate surface area is 171 Å². The van der Waals surface area contributed by atoms with Crippen LogP contribution in [0.3, 0.4) is 0 Å². The van der Waals surface area contributed by atoms with Gasteiger partial charge in [0.15, 0.2) is 5.82 Å². The third kappa shape index (κ3) is 4.07. The third-order valence-electron chi connectivity index (χ3n) is 5.07. The molecule has 1 fully saturated rings. The van der Waals surface area contributed by atoms with E-state index < -0.39 is 0 Å². The number of benzene rings is 2. The summed E-state index contributed by atoms with van der Waals surface area (Å²) in [5.41, 5.74) is 2.87. The summed E-state index contributed by atoms with van der Waals surface area (Å²) in [7, 11) is 1.84. The second-order valence-corrected chi connectivity index (χ2v) is 8.06. The van der Waals surface area contributed by atoms with Crippen LogP contribution in [0.5, 0.6) is 0 Å². The number of anilines is 1. The van der Waals surface area contributed by atoms with Crippen molar-refractivity contribution in [2.45, 2.75) is 18.8 Å². The number of rotatable bonds is 6. The van der Waals surface area contributed by atoms with E-state index in [1.807, 2.05) is 55.6 Å². The number of imidazole rings is 1. The standard InChI is InChI=1S/C22H20BrN3O2/c1-26-11-10-24-22(26)21(28)19-13-18(19)15-4-2-14(3-5-15)12-20(27)25-17-8-6-16(23)7-9-17/h2-11,18-19H,12-13H2,1H3,(H,25,27). The van der Waals surface area contributed by atoms with Gasteiger partial charge < -0.3 is 9.88 Å². The highest BCUT2D eigenvalue weighted by Gasteiger charge is 2.45. The van der Waals surface area contributed by atoms with E-state index in [2.05, 4.69) is 26.2 Å². The Morgan fingerprint density at radius 3 is 2.50 bits per heavy atom. The van der Waals surface area contributed by atoms with Crippen molar-refractivity contribution < 1.29 is 9.59 Å². The second kappa shape index (κ2) is 7.72. The smallest absolute Gasteiger partial charge is 0.228 e. The van der Waals surface area contributed by atoms with E-state index >= 15 is 0 Å². The monoisotopic (exact) mass is 437 g/mol. The number of halogens is 1. The average Bonchev–Trinajstić information content (AvgIpc) is 3.37. The van der Waals surface area contributed by atoms with E-state index in [1.165, 1.54) is 0 Å². The molecule has 1 heterocycles. The number of hydrogen-bond donors (Lipinski definition) is 1. The minimum Gasteiger partial charge on any atom is -0.332 e. The molecule has 1 amide bonds. The first kappa shape index (κ1) is 18.6. The predicted octanol–water partition coefficient (Wildman–Crippen LogP) is 4.35. The summed E-state index contributed by atoms with van der Waals surface area (Å²) < 4.78 is 2.74. The Hall–Kier alpha value is -2.73. The van der Waals surface area contributed by atoms with Crippen LogP contribution in [-0.4, -0.2) is 21.2 Å². The summed E-state index contributed by atoms with van der Waals surface area (Å²) in [6.07, 6.45) is 4.61. The molecule has 2 aromatic carbocycles. The number of aryl methyl sites for hydroxylation is 1. The van der Waals surface area contributed by atoms with Gasteiger partial charge in [0.25, 0.3) is 0 Å². The molecule has 0 radical (unpaired) electrons. The lowest BCUT2D eigenvalue weighted by Crippen LogP contribution is -2.14. The zero-order chi connectivity index (χ0) is 19.7. The van der Waals surface area contributed by atoms with Gasteiger partial charge in [-0.25, -0.2) is 4.98 Å². The number of carbonyl (C=O) groups is 2. The van der Waals surface area contributed by atoms with E-state index in [9.17, 15) is 9.59 Å². The molecule has 2 atom stereocenters. The lowest BCUT2D eigenvalue weighted by atomic mass is 10.0. The number of Topliss-reactive ketones (excluding diaryl/α,β-unsaturated/α-hetero) is 1. The molecule has 1 N–H and O–H groups in total. The van der Waals surface area contributed by atoms with Crippen molar-refractivity contribution in [1.82, 2.24) is 9.55 Å². The van der Waals surface area contributed by atoms with E-state index in [4.69, 9.17) is 0 Å². The summed E-state index contributed by atoms with van der Waals surface area (Å²) in [4.78, 5) is 28.9. The summed E-state index contributed by atoms with van der Waals surface area (Å²) in [6, 6.07) is 15.5. The molecule has 1 aliphatic rings. The molecule has 3 aromatic rings. The highest BCUT2D eigenvalue weighted by atomic mass is 79.9. The molecule has 142 valence electrons. The van der Waals surface area contributed by atoms with Gasteiger partial charge in [0.05, 0.1) is 6.42 Å². The Kier molecular flexibility index (Phi) is 5.13. The molecule has 5 nitrogen and oxygen atoms in total. The number of carbonyl (C=O) groups excluding carboxylic acids is 2. The Balaban J connectivity index is 1.34. The molecule has 2 unspecified atom stereocenters. The highest BCUT2D eigenvalue weighted by molar-refractivity contribution is 9.10. The first-order valence-corrected chi connectivity index (χ1v) is 9.96. The molecule has 0 bridgehead atoms. The van der Waals surface area contributed by atoms with Crippen LogP contribution in [0.15, 0.2) is 65.4 Å². The van der Waals surface area contributed by atoms with Gasteiger partial charge in [-0.1, -0.05) is 40.2 Å². The molecule has 6 heteroatoms. The van der Waals surface area contributed by atoms with Crippen molar-refractivity contribution in [2.75, 3.05) is 5.32 Å². The van der Waals surface area contributed by atoms with E-state index in [1.54, 1.807) is 17.0 Å². The van der Waals surface area contributed by atoms with Gasteiger partial charge in [-0.15, -0.1) is 0 Å². The van der Waals surface area contributed by atoms with Crippen LogP contribution in [0.2, 0.25) is 0 Å². The van der Waals surface area contributed by atoms with Gasteiger partial charge >= 0.3 is 0 Å². The van der Waals surface area contributed by atoms with Gasteiger partial charge in [-0.05, 0) is 47.7 Å². The number of ketones is 1. The fourth-order valence-corrected chi connectivity index (χ4v) is 3.69. The fraction of sp³-hybridized carbons (Fsp3) is 0.227. The van der Waals surface area contributed by atoms with Crippen LogP contribution >= 0.6 is 15.9 Å². The topological polar surface area (TPSA) is 64.0 Å². The summed E-state index contributed by atoms with van der Waals surface area (Å²) in [5.74, 6) is 0.830. The van der Waals surface area contributed by atoms with Gasteiger partial charge in [-0.3, -0.25) is 9.59 Å². The lowest BCUT2D eigenvalue weighted by molar-refractivity contribution is -0.115. The van der Waals surface area contributed by atoms with Gasteiger partial charge in [0.1, 0.15) is 0 Å². The molecular formula is C22H20BrN3O2. The highest BCUT2D eigenvalue weighted by Crippen LogP contribution is 2.49. The number of amides is 1. The fourth-order valence-electron chi connectivity index (χ4n) is 3.43. The summed E-state index contributed by atoms with van der Waals surface area (Å²) >= 11 is 3.38. The van der Waals surface area contributed by atoms with Crippen molar-refractivity contribution in [3.8, 4) is 0 Å². The Morgan fingerprint density at radius 2 is 1.86 bits per heavy atom. The van der Waals surface area contributed by atoms with Crippen LogP contribution in [0, 0.1) is 5.92 Å². The van der Waals surface area contributed by atoms with Crippen LogP contribution in [0.1, 0.15) is 34.1 Å². The molecule has 1 saturated carbocycles. The van der Waals surface area contributed by atoms with E-state index in [0.29, 0.717) is 12.2 Å². The van der Waals surface area contributed by atoms with E-state index in [-0.39, 0.29) is 23.5 Å². The molecular weight excluding hydrogens is 418 g/mol. The van der Waals surface area contributed by atoms with Crippen molar-refractivity contribution in [3.05, 3.63) is 82.3 Å². The lowest BCUT2D eigenvalue weighted by Gasteiger charge is -2.07. The van der Waals surface area contributed by atoms with E-state index in [0.717, 1.165) is 27.7 Å². The Morgan fingerprint density at radius 1 is 1.14 bits per heavy atom. The number of nitrogens with one attached hydrogen (secondary N) is 1. The molecule has 4 rings (SSSR count). The quantitative estimate of drug-likeness (QED) is 0.582. The van der Waals surface area contributed by atoms with Crippen LogP contribution in [0.25, 0.3) is 0 Å². The van der Waals surface area contributed by atoms with Crippen LogP contribution in [0.4, 0.5) is 5.69 Å². The molecule has 1 aliphatic carbocycles. The number of aromatic nitrogens is 2.